The van der Waals surface area contributed by atoms with Crippen LogP contribution in [0.2, 0.25) is 0 Å². The second kappa shape index (κ2) is 8.41. The molecule has 3 rings (SSSR count). The molecule has 2 aromatic heterocycles. The van der Waals surface area contributed by atoms with Crippen molar-refractivity contribution in [2.45, 2.75) is 13.5 Å². The summed E-state index contributed by atoms with van der Waals surface area (Å²) in [6.45, 7) is 1.88. The van der Waals surface area contributed by atoms with Crippen LogP contribution in [0.15, 0.2) is 53.1 Å². The van der Waals surface area contributed by atoms with Gasteiger partial charge in [0.2, 0.25) is 5.89 Å². The predicted molar refractivity (Wildman–Crippen MR) is 108 cm³/mol. The fraction of sp³-hybridized carbons (Fsp3) is 0.211. The number of benzene rings is 1. The molecule has 0 saturated carbocycles. The zero-order chi connectivity index (χ0) is 21.0. The highest BCUT2D eigenvalue weighted by Crippen LogP contribution is 2.29. The molecule has 2 heterocycles. The van der Waals surface area contributed by atoms with Gasteiger partial charge in [0.1, 0.15) is 17.1 Å². The topological polar surface area (TPSA) is 117 Å². The number of hydrogen-bond donors (Lipinski definition) is 2. The monoisotopic (exact) mass is 415 g/mol. The highest BCUT2D eigenvalue weighted by Gasteiger charge is 2.19. The van der Waals surface area contributed by atoms with Gasteiger partial charge in [-0.2, -0.15) is 12.7 Å². The lowest BCUT2D eigenvalue weighted by atomic mass is 10.2. The Kier molecular flexibility index (Phi) is 5.95. The number of hydrogen-bond acceptors (Lipinski definition) is 6. The van der Waals surface area contributed by atoms with Crippen molar-refractivity contribution < 1.29 is 17.6 Å². The van der Waals surface area contributed by atoms with E-state index in [1.54, 1.807) is 55.6 Å². The molecule has 0 aliphatic rings. The lowest BCUT2D eigenvalue weighted by Gasteiger charge is -2.15. The van der Waals surface area contributed by atoms with E-state index in [1.807, 2.05) is 0 Å². The van der Waals surface area contributed by atoms with Crippen molar-refractivity contribution in [2.24, 2.45) is 0 Å². The zero-order valence-corrected chi connectivity index (χ0v) is 17.0. The summed E-state index contributed by atoms with van der Waals surface area (Å²) in [6.07, 6.45) is 1.54. The molecule has 1 aromatic carbocycles. The van der Waals surface area contributed by atoms with Crippen LogP contribution in [0.5, 0.6) is 0 Å². The number of aromatic nitrogens is 2. The number of aryl methyl sites for hydroxylation is 1. The number of nitrogens with zero attached hydrogens (tertiary/aromatic N) is 3. The predicted octanol–water partition coefficient (Wildman–Crippen LogP) is 2.19. The molecule has 1 amide bonds. The average molecular weight is 415 g/mol. The van der Waals surface area contributed by atoms with Gasteiger partial charge in [-0.15, -0.1) is 0 Å². The molecule has 9 nitrogen and oxygen atoms in total. The van der Waals surface area contributed by atoms with Crippen LogP contribution in [0.25, 0.3) is 11.5 Å². The molecule has 152 valence electrons. The van der Waals surface area contributed by atoms with Crippen molar-refractivity contribution in [1.29, 1.82) is 0 Å². The smallest absolute Gasteiger partial charge is 0.301 e. The van der Waals surface area contributed by atoms with E-state index in [1.165, 1.54) is 14.1 Å². The van der Waals surface area contributed by atoms with E-state index in [0.29, 0.717) is 28.4 Å². The van der Waals surface area contributed by atoms with Crippen molar-refractivity contribution in [3.05, 3.63) is 65.8 Å². The van der Waals surface area contributed by atoms with Gasteiger partial charge in [0.25, 0.3) is 5.91 Å². The maximum absolute atomic E-state index is 12.2. The summed E-state index contributed by atoms with van der Waals surface area (Å²) < 4.78 is 33.7. The van der Waals surface area contributed by atoms with Crippen LogP contribution in [0.1, 0.15) is 21.9 Å². The zero-order valence-electron chi connectivity index (χ0n) is 16.2. The van der Waals surface area contributed by atoms with Gasteiger partial charge in [0.05, 0.1) is 17.8 Å². The largest absolute Gasteiger partial charge is 0.441 e. The standard InChI is InChI=1S/C19H21N5O4S/c1-13-17(12-21-18(25)16-10-6-7-11-20-16)22-19(28-13)14-8-4-5-9-15(14)23-29(26,27)24(2)3/h4-11,23H,12H2,1-3H3,(H,21,25). The number of carbonyl (C=O) groups excluding carboxylic acids is 1. The molecular formula is C19H21N5O4S. The fourth-order valence-electron chi connectivity index (χ4n) is 2.45. The quantitative estimate of drug-likeness (QED) is 0.611. The number of anilines is 1. The van der Waals surface area contributed by atoms with Crippen molar-refractivity contribution in [2.75, 3.05) is 18.8 Å². The van der Waals surface area contributed by atoms with Gasteiger partial charge in [-0.25, -0.2) is 4.98 Å². The van der Waals surface area contributed by atoms with Gasteiger partial charge in [-0.05, 0) is 31.2 Å². The number of nitrogens with one attached hydrogen (secondary N) is 2. The molecule has 0 spiro atoms. The van der Waals surface area contributed by atoms with Crippen molar-refractivity contribution in [1.82, 2.24) is 19.6 Å². The second-order valence-corrected chi connectivity index (χ2v) is 8.24. The van der Waals surface area contributed by atoms with Crippen LogP contribution in [-0.2, 0) is 16.8 Å². The SMILES string of the molecule is Cc1oc(-c2ccccc2NS(=O)(=O)N(C)C)nc1CNC(=O)c1ccccn1. The first kappa shape index (κ1) is 20.5. The summed E-state index contributed by atoms with van der Waals surface area (Å²) in [5.74, 6) is 0.446. The van der Waals surface area contributed by atoms with Crippen LogP contribution >= 0.6 is 0 Å². The van der Waals surface area contributed by atoms with E-state index in [0.717, 1.165) is 4.31 Å². The molecule has 0 radical (unpaired) electrons. The van der Waals surface area contributed by atoms with E-state index >= 15 is 0 Å². The highest BCUT2D eigenvalue weighted by atomic mass is 32.2. The Morgan fingerprint density at radius 2 is 1.86 bits per heavy atom. The van der Waals surface area contributed by atoms with Gasteiger partial charge in [0, 0.05) is 20.3 Å². The van der Waals surface area contributed by atoms with Crippen LogP contribution in [0, 0.1) is 6.92 Å². The third-order valence-electron chi connectivity index (χ3n) is 4.08. The molecule has 2 N–H and O–H groups in total. The number of oxazole rings is 1. The number of pyridine rings is 1. The molecule has 0 aliphatic heterocycles. The summed E-state index contributed by atoms with van der Waals surface area (Å²) in [7, 11) is -0.821. The molecular weight excluding hydrogens is 394 g/mol. The van der Waals surface area contributed by atoms with E-state index in [4.69, 9.17) is 4.42 Å². The molecule has 0 aliphatic carbocycles. The molecule has 29 heavy (non-hydrogen) atoms. The normalized spacial score (nSPS) is 11.4. The maximum atomic E-state index is 12.2. The molecule has 0 saturated heterocycles. The first-order valence-corrected chi connectivity index (χ1v) is 10.2. The summed E-state index contributed by atoms with van der Waals surface area (Å²) >= 11 is 0. The highest BCUT2D eigenvalue weighted by molar-refractivity contribution is 7.90. The van der Waals surface area contributed by atoms with E-state index < -0.39 is 10.2 Å². The third-order valence-corrected chi connectivity index (χ3v) is 5.52. The van der Waals surface area contributed by atoms with Crippen LogP contribution in [-0.4, -0.2) is 42.7 Å². The van der Waals surface area contributed by atoms with Crippen molar-refractivity contribution >= 4 is 21.8 Å². The lowest BCUT2D eigenvalue weighted by molar-refractivity contribution is 0.0945. The number of rotatable bonds is 7. The summed E-state index contributed by atoms with van der Waals surface area (Å²) in [5.41, 5.74) is 1.67. The minimum absolute atomic E-state index is 0.149. The Bertz CT molecular complexity index is 1110. The average Bonchev–Trinajstić information content (AvgIpc) is 3.07. The Balaban J connectivity index is 1.81. The molecule has 10 heteroatoms. The molecule has 0 unspecified atom stereocenters. The summed E-state index contributed by atoms with van der Waals surface area (Å²) in [4.78, 5) is 20.6. The van der Waals surface area contributed by atoms with Gasteiger partial charge in [0.15, 0.2) is 0 Å². The van der Waals surface area contributed by atoms with Crippen molar-refractivity contribution in [3.8, 4) is 11.5 Å². The summed E-state index contributed by atoms with van der Waals surface area (Å²) in [6, 6.07) is 11.9. The van der Waals surface area contributed by atoms with Gasteiger partial charge in [-0.3, -0.25) is 14.5 Å². The number of para-hydroxylation sites is 1. The summed E-state index contributed by atoms with van der Waals surface area (Å²) in [5, 5.41) is 2.75. The van der Waals surface area contributed by atoms with Gasteiger partial charge in [-0.1, -0.05) is 18.2 Å². The van der Waals surface area contributed by atoms with Crippen LogP contribution < -0.4 is 10.0 Å². The van der Waals surface area contributed by atoms with Crippen molar-refractivity contribution in [3.63, 3.8) is 0 Å². The second-order valence-electron chi connectivity index (χ2n) is 6.35. The number of amides is 1. The van der Waals surface area contributed by atoms with E-state index in [2.05, 4.69) is 20.0 Å². The van der Waals surface area contributed by atoms with E-state index in [9.17, 15) is 13.2 Å². The lowest BCUT2D eigenvalue weighted by Crippen LogP contribution is -2.29. The molecule has 0 bridgehead atoms. The van der Waals surface area contributed by atoms with Crippen LogP contribution in [0.3, 0.4) is 0 Å². The van der Waals surface area contributed by atoms with Crippen LogP contribution in [0.4, 0.5) is 5.69 Å². The maximum Gasteiger partial charge on any atom is 0.301 e. The Labute approximate surface area is 169 Å². The minimum Gasteiger partial charge on any atom is -0.441 e. The van der Waals surface area contributed by atoms with Gasteiger partial charge < -0.3 is 9.73 Å². The Morgan fingerprint density at radius 1 is 1.14 bits per heavy atom. The fourth-order valence-corrected chi connectivity index (χ4v) is 3.09. The Morgan fingerprint density at radius 3 is 2.55 bits per heavy atom. The molecule has 3 aromatic rings. The minimum atomic E-state index is -3.69. The Hall–Kier alpha value is -3.24. The number of carbonyl (C=O) groups is 1. The van der Waals surface area contributed by atoms with Gasteiger partial charge >= 0.3 is 10.2 Å². The third kappa shape index (κ3) is 4.79. The van der Waals surface area contributed by atoms with E-state index in [-0.39, 0.29) is 18.3 Å². The molecule has 0 atom stereocenters. The molecule has 0 fully saturated rings. The first-order chi connectivity index (χ1) is 13.8. The first-order valence-electron chi connectivity index (χ1n) is 8.73.